The van der Waals surface area contributed by atoms with Crippen LogP contribution in [0.1, 0.15) is 5.56 Å². The van der Waals surface area contributed by atoms with Gasteiger partial charge in [0.2, 0.25) is 0 Å². The molecule has 1 rings (SSSR count). The van der Waals surface area contributed by atoms with E-state index in [1.165, 1.54) is 0 Å². The fourth-order valence-corrected chi connectivity index (χ4v) is 1.33. The number of hydrogen-bond donors (Lipinski definition) is 1. The summed E-state index contributed by atoms with van der Waals surface area (Å²) in [5, 5.41) is 6.89. The third-order valence-corrected chi connectivity index (χ3v) is 2.20. The first-order valence-electron chi connectivity index (χ1n) is 5.21. The number of likely N-dealkylation sites (N-methyl/N-ethyl adjacent to an activating group) is 1. The maximum absolute atomic E-state index is 11.5. The second-order valence-electron chi connectivity index (χ2n) is 3.67. The van der Waals surface area contributed by atoms with E-state index in [-0.39, 0.29) is 6.03 Å². The number of carbonyl (C=O) groups is 1. The highest BCUT2D eigenvalue weighted by Gasteiger charge is 2.05. The normalized spacial score (nSPS) is 9.88. The van der Waals surface area contributed by atoms with E-state index in [0.717, 1.165) is 12.0 Å². The van der Waals surface area contributed by atoms with Crippen molar-refractivity contribution < 1.29 is 4.79 Å². The van der Waals surface area contributed by atoms with Gasteiger partial charge in [0, 0.05) is 33.4 Å². The second kappa shape index (κ2) is 5.95. The van der Waals surface area contributed by atoms with Crippen molar-refractivity contribution in [2.24, 2.45) is 7.05 Å². The van der Waals surface area contributed by atoms with Crippen molar-refractivity contribution in [1.82, 2.24) is 20.0 Å². The molecule has 0 spiro atoms. The molecule has 1 aromatic heterocycles. The third-order valence-electron chi connectivity index (χ3n) is 2.20. The van der Waals surface area contributed by atoms with Crippen molar-refractivity contribution in [2.45, 2.75) is 6.42 Å². The summed E-state index contributed by atoms with van der Waals surface area (Å²) in [7, 11) is 3.61. The van der Waals surface area contributed by atoms with Crippen molar-refractivity contribution in [3.05, 3.63) is 30.6 Å². The molecule has 0 aliphatic carbocycles. The van der Waals surface area contributed by atoms with E-state index < -0.39 is 0 Å². The molecular formula is C11H18N4O. The minimum Gasteiger partial charge on any atom is -0.338 e. The number of carbonyl (C=O) groups excluding carboxylic acids is 1. The van der Waals surface area contributed by atoms with Gasteiger partial charge in [0.15, 0.2) is 0 Å². The van der Waals surface area contributed by atoms with Gasteiger partial charge >= 0.3 is 6.03 Å². The molecule has 1 N–H and O–H groups in total. The van der Waals surface area contributed by atoms with Gasteiger partial charge in [0.25, 0.3) is 0 Å². The lowest BCUT2D eigenvalue weighted by Crippen LogP contribution is -2.38. The highest BCUT2D eigenvalue weighted by molar-refractivity contribution is 5.73. The molecular weight excluding hydrogens is 204 g/mol. The molecule has 0 radical (unpaired) electrons. The highest BCUT2D eigenvalue weighted by atomic mass is 16.2. The summed E-state index contributed by atoms with van der Waals surface area (Å²) in [6, 6.07) is -0.0798. The van der Waals surface area contributed by atoms with Crippen LogP contribution < -0.4 is 5.32 Å². The standard InChI is InChI=1S/C11H18N4O/c1-4-7-14(2)11(16)12-6-5-10-8-13-15(3)9-10/h4,8-9H,1,5-7H2,2-3H3,(H,12,16). The van der Waals surface area contributed by atoms with Crippen LogP contribution in [0.4, 0.5) is 4.79 Å². The van der Waals surface area contributed by atoms with Crippen LogP contribution in [-0.2, 0) is 13.5 Å². The largest absolute Gasteiger partial charge is 0.338 e. The molecule has 0 unspecified atom stereocenters. The Morgan fingerprint density at radius 3 is 3.06 bits per heavy atom. The van der Waals surface area contributed by atoms with E-state index in [1.54, 1.807) is 28.9 Å². The maximum Gasteiger partial charge on any atom is 0.317 e. The molecule has 88 valence electrons. The number of hydrogen-bond acceptors (Lipinski definition) is 2. The van der Waals surface area contributed by atoms with E-state index >= 15 is 0 Å². The Hall–Kier alpha value is -1.78. The molecule has 0 aromatic carbocycles. The third kappa shape index (κ3) is 3.76. The zero-order chi connectivity index (χ0) is 12.0. The minimum atomic E-state index is -0.0798. The molecule has 0 bridgehead atoms. The van der Waals surface area contributed by atoms with Crippen LogP contribution >= 0.6 is 0 Å². The molecule has 1 heterocycles. The second-order valence-corrected chi connectivity index (χ2v) is 3.67. The van der Waals surface area contributed by atoms with Gasteiger partial charge in [-0.15, -0.1) is 6.58 Å². The molecule has 16 heavy (non-hydrogen) atoms. The zero-order valence-corrected chi connectivity index (χ0v) is 9.81. The van der Waals surface area contributed by atoms with Crippen molar-refractivity contribution in [1.29, 1.82) is 0 Å². The lowest BCUT2D eigenvalue weighted by molar-refractivity contribution is 0.213. The van der Waals surface area contributed by atoms with E-state index in [1.807, 2.05) is 13.2 Å². The fraction of sp³-hybridized carbons (Fsp3) is 0.455. The number of aryl methyl sites for hydroxylation is 1. The number of nitrogens with zero attached hydrogens (tertiary/aromatic N) is 3. The molecule has 2 amide bonds. The molecule has 1 aromatic rings. The van der Waals surface area contributed by atoms with Crippen LogP contribution in [0.25, 0.3) is 0 Å². The quantitative estimate of drug-likeness (QED) is 0.749. The first-order chi connectivity index (χ1) is 7.63. The van der Waals surface area contributed by atoms with Crippen molar-refractivity contribution in [3.8, 4) is 0 Å². The number of nitrogens with one attached hydrogen (secondary N) is 1. The minimum absolute atomic E-state index is 0.0798. The Morgan fingerprint density at radius 1 is 1.75 bits per heavy atom. The Labute approximate surface area is 95.7 Å². The number of urea groups is 1. The van der Waals surface area contributed by atoms with Crippen molar-refractivity contribution >= 4 is 6.03 Å². The average Bonchev–Trinajstić information content (AvgIpc) is 2.64. The maximum atomic E-state index is 11.5. The molecule has 5 heteroatoms. The van der Waals surface area contributed by atoms with Crippen LogP contribution in [0.3, 0.4) is 0 Å². The van der Waals surface area contributed by atoms with Crippen LogP contribution in [0.5, 0.6) is 0 Å². The molecule has 0 atom stereocenters. The van der Waals surface area contributed by atoms with Crippen LogP contribution in [0, 0.1) is 0 Å². The zero-order valence-electron chi connectivity index (χ0n) is 9.81. The van der Waals surface area contributed by atoms with Gasteiger partial charge in [0.1, 0.15) is 0 Å². The van der Waals surface area contributed by atoms with Gasteiger partial charge in [0.05, 0.1) is 6.20 Å². The summed E-state index contributed by atoms with van der Waals surface area (Å²) >= 11 is 0. The van der Waals surface area contributed by atoms with Gasteiger partial charge in [-0.25, -0.2) is 4.79 Å². The molecule has 5 nitrogen and oxygen atoms in total. The Balaban J connectivity index is 2.25. The number of rotatable bonds is 5. The Morgan fingerprint density at radius 2 is 2.50 bits per heavy atom. The van der Waals surface area contributed by atoms with Gasteiger partial charge in [-0.05, 0) is 12.0 Å². The van der Waals surface area contributed by atoms with Crippen molar-refractivity contribution in [3.63, 3.8) is 0 Å². The van der Waals surface area contributed by atoms with E-state index in [9.17, 15) is 4.79 Å². The van der Waals surface area contributed by atoms with Gasteiger partial charge < -0.3 is 10.2 Å². The molecule has 0 aliphatic rings. The molecule has 0 aliphatic heterocycles. The Kier molecular flexibility index (Phi) is 4.57. The highest BCUT2D eigenvalue weighted by Crippen LogP contribution is 1.96. The smallest absolute Gasteiger partial charge is 0.317 e. The van der Waals surface area contributed by atoms with Crippen LogP contribution in [-0.4, -0.2) is 40.8 Å². The van der Waals surface area contributed by atoms with E-state index in [4.69, 9.17) is 0 Å². The summed E-state index contributed by atoms with van der Waals surface area (Å²) < 4.78 is 1.75. The van der Waals surface area contributed by atoms with Gasteiger partial charge in [-0.3, -0.25) is 4.68 Å². The molecule has 0 saturated carbocycles. The molecule has 0 fully saturated rings. The number of aromatic nitrogens is 2. The topological polar surface area (TPSA) is 50.2 Å². The van der Waals surface area contributed by atoms with Gasteiger partial charge in [-0.2, -0.15) is 5.10 Å². The lowest BCUT2D eigenvalue weighted by Gasteiger charge is -2.15. The first kappa shape index (κ1) is 12.3. The Bertz CT molecular complexity index is 359. The summed E-state index contributed by atoms with van der Waals surface area (Å²) in [5.74, 6) is 0. The molecule has 0 saturated heterocycles. The average molecular weight is 222 g/mol. The van der Waals surface area contributed by atoms with Crippen LogP contribution in [0.2, 0.25) is 0 Å². The van der Waals surface area contributed by atoms with Crippen LogP contribution in [0.15, 0.2) is 25.0 Å². The SMILES string of the molecule is C=CCN(C)C(=O)NCCc1cnn(C)c1. The first-order valence-corrected chi connectivity index (χ1v) is 5.21. The fourth-order valence-electron chi connectivity index (χ4n) is 1.33. The van der Waals surface area contributed by atoms with E-state index in [0.29, 0.717) is 13.1 Å². The summed E-state index contributed by atoms with van der Waals surface area (Å²) in [4.78, 5) is 13.1. The van der Waals surface area contributed by atoms with Crippen molar-refractivity contribution in [2.75, 3.05) is 20.1 Å². The number of amides is 2. The predicted molar refractivity (Wildman–Crippen MR) is 63.1 cm³/mol. The van der Waals surface area contributed by atoms with E-state index in [2.05, 4.69) is 17.0 Å². The monoisotopic (exact) mass is 222 g/mol. The summed E-state index contributed by atoms with van der Waals surface area (Å²) in [6.45, 7) is 4.75. The lowest BCUT2D eigenvalue weighted by atomic mass is 10.2. The summed E-state index contributed by atoms with van der Waals surface area (Å²) in [5.41, 5.74) is 1.12. The van der Waals surface area contributed by atoms with Gasteiger partial charge in [-0.1, -0.05) is 6.08 Å². The predicted octanol–water partition coefficient (Wildman–Crippen LogP) is 0.790. The summed E-state index contributed by atoms with van der Waals surface area (Å²) in [6.07, 6.45) is 6.24.